The lowest BCUT2D eigenvalue weighted by Crippen LogP contribution is -2.24. The Morgan fingerprint density at radius 3 is 2.86 bits per heavy atom. The number of nitrogen functional groups attached to an aromatic ring is 1. The molecule has 0 aliphatic heterocycles. The number of nitrogens with two attached hydrogens (primary N) is 1. The first-order valence-electron chi connectivity index (χ1n) is 11.7. The van der Waals surface area contributed by atoms with Crippen LogP contribution in [-0.4, -0.2) is 32.1 Å². The summed E-state index contributed by atoms with van der Waals surface area (Å²) in [7, 11) is 0. The van der Waals surface area contributed by atoms with Crippen LogP contribution in [0.3, 0.4) is 0 Å². The molecule has 0 atom stereocenters. The van der Waals surface area contributed by atoms with E-state index in [0.29, 0.717) is 35.2 Å². The van der Waals surface area contributed by atoms with Gasteiger partial charge in [-0.1, -0.05) is 18.9 Å². The molecule has 3 N–H and O–H groups in total. The van der Waals surface area contributed by atoms with Crippen LogP contribution in [-0.2, 0) is 6.54 Å². The van der Waals surface area contributed by atoms with Crippen LogP contribution in [0.4, 0.5) is 10.3 Å². The van der Waals surface area contributed by atoms with Crippen LogP contribution in [0.1, 0.15) is 47.3 Å². The molecule has 1 saturated carbocycles. The van der Waals surface area contributed by atoms with Crippen molar-refractivity contribution in [1.82, 2.24) is 24.9 Å². The number of nitrogens with zero attached hydrogens (tertiary/aromatic N) is 4. The number of rotatable bonds is 7. The van der Waals surface area contributed by atoms with Gasteiger partial charge in [0, 0.05) is 36.1 Å². The number of halogens is 1. The van der Waals surface area contributed by atoms with E-state index in [0.717, 1.165) is 29.5 Å². The molecule has 0 radical (unpaired) electrons. The summed E-state index contributed by atoms with van der Waals surface area (Å²) < 4.78 is 21.4. The maximum atomic E-state index is 13.9. The SMILES string of the molecule is Cc1ncc(-c2ccn3nc(N)nc3c2)cc1C(=O)NCc1ccc(F)cc1OCC1CCCC1. The molecular formula is C26H27FN6O2. The average molecular weight is 475 g/mol. The van der Waals surface area contributed by atoms with Gasteiger partial charge in [-0.15, -0.1) is 5.10 Å². The van der Waals surface area contributed by atoms with E-state index < -0.39 is 0 Å². The number of carbonyl (C=O) groups is 1. The van der Waals surface area contributed by atoms with Gasteiger partial charge in [0.25, 0.3) is 5.91 Å². The second-order valence-corrected chi connectivity index (χ2v) is 8.94. The smallest absolute Gasteiger partial charge is 0.253 e. The Morgan fingerprint density at radius 1 is 1.20 bits per heavy atom. The molecule has 1 amide bonds. The van der Waals surface area contributed by atoms with Crippen molar-refractivity contribution in [2.75, 3.05) is 12.3 Å². The number of aromatic nitrogens is 4. The molecule has 1 aromatic carbocycles. The van der Waals surface area contributed by atoms with E-state index in [1.54, 1.807) is 36.0 Å². The van der Waals surface area contributed by atoms with Gasteiger partial charge in [0.2, 0.25) is 5.95 Å². The lowest BCUT2D eigenvalue weighted by molar-refractivity contribution is 0.0949. The highest BCUT2D eigenvalue weighted by Crippen LogP contribution is 2.28. The molecule has 3 aromatic heterocycles. The number of benzene rings is 1. The molecule has 0 bridgehead atoms. The van der Waals surface area contributed by atoms with E-state index >= 15 is 0 Å². The number of aryl methyl sites for hydroxylation is 1. The third-order valence-corrected chi connectivity index (χ3v) is 6.44. The fraction of sp³-hybridized carbons (Fsp3) is 0.308. The maximum absolute atomic E-state index is 13.9. The van der Waals surface area contributed by atoms with Crippen molar-refractivity contribution in [2.24, 2.45) is 5.92 Å². The quantitative estimate of drug-likeness (QED) is 0.413. The van der Waals surface area contributed by atoms with Gasteiger partial charge in [0.15, 0.2) is 5.65 Å². The fourth-order valence-corrected chi connectivity index (χ4v) is 4.46. The number of hydrogen-bond acceptors (Lipinski definition) is 6. The van der Waals surface area contributed by atoms with Gasteiger partial charge < -0.3 is 15.8 Å². The molecule has 9 heteroatoms. The zero-order valence-electron chi connectivity index (χ0n) is 19.5. The summed E-state index contributed by atoms with van der Waals surface area (Å²) in [6.45, 7) is 2.57. The first-order valence-corrected chi connectivity index (χ1v) is 11.7. The Bertz CT molecular complexity index is 1380. The summed E-state index contributed by atoms with van der Waals surface area (Å²) in [6, 6.07) is 9.92. The molecule has 1 aliphatic rings. The zero-order valence-corrected chi connectivity index (χ0v) is 19.5. The molecule has 8 nitrogen and oxygen atoms in total. The molecule has 0 spiro atoms. The average Bonchev–Trinajstić information content (AvgIpc) is 3.50. The van der Waals surface area contributed by atoms with Crippen molar-refractivity contribution in [3.05, 3.63) is 71.4 Å². The van der Waals surface area contributed by atoms with Crippen LogP contribution < -0.4 is 15.8 Å². The summed E-state index contributed by atoms with van der Waals surface area (Å²) in [5, 5.41) is 7.01. The van der Waals surface area contributed by atoms with E-state index in [1.807, 2.05) is 12.1 Å². The minimum atomic E-state index is -0.361. The van der Waals surface area contributed by atoms with Crippen molar-refractivity contribution < 1.29 is 13.9 Å². The number of anilines is 1. The van der Waals surface area contributed by atoms with Crippen LogP contribution in [0.2, 0.25) is 0 Å². The molecule has 35 heavy (non-hydrogen) atoms. The highest BCUT2D eigenvalue weighted by Gasteiger charge is 2.18. The van der Waals surface area contributed by atoms with Crippen LogP contribution in [0.5, 0.6) is 5.75 Å². The van der Waals surface area contributed by atoms with E-state index in [-0.39, 0.29) is 24.2 Å². The number of hydrogen-bond donors (Lipinski definition) is 2. The number of nitrogens with one attached hydrogen (secondary N) is 1. The minimum Gasteiger partial charge on any atom is -0.493 e. The summed E-state index contributed by atoms with van der Waals surface area (Å²) in [5.74, 6) is 0.542. The minimum absolute atomic E-state index is 0.191. The number of pyridine rings is 2. The van der Waals surface area contributed by atoms with E-state index in [1.165, 1.54) is 25.0 Å². The predicted molar refractivity (Wildman–Crippen MR) is 130 cm³/mol. The van der Waals surface area contributed by atoms with Gasteiger partial charge >= 0.3 is 0 Å². The van der Waals surface area contributed by atoms with E-state index in [2.05, 4.69) is 20.4 Å². The summed E-state index contributed by atoms with van der Waals surface area (Å²) >= 11 is 0. The zero-order chi connectivity index (χ0) is 24.4. The van der Waals surface area contributed by atoms with Crippen molar-refractivity contribution in [1.29, 1.82) is 0 Å². The van der Waals surface area contributed by atoms with Crippen LogP contribution in [0, 0.1) is 18.7 Å². The van der Waals surface area contributed by atoms with Crippen LogP contribution in [0.15, 0.2) is 48.8 Å². The monoisotopic (exact) mass is 474 g/mol. The molecule has 3 heterocycles. The lowest BCUT2D eigenvalue weighted by atomic mass is 10.0. The number of amides is 1. The van der Waals surface area contributed by atoms with Crippen molar-refractivity contribution in [2.45, 2.75) is 39.2 Å². The largest absolute Gasteiger partial charge is 0.493 e. The summed E-state index contributed by atoms with van der Waals surface area (Å²) in [4.78, 5) is 21.7. The fourth-order valence-electron chi connectivity index (χ4n) is 4.46. The molecule has 1 aliphatic carbocycles. The van der Waals surface area contributed by atoms with Crippen LogP contribution in [0.25, 0.3) is 16.8 Å². The standard InChI is InChI=1S/C26H27FN6O2/c1-16-22(10-20(14-29-16)18-8-9-33-24(11-18)31-26(28)32-33)25(34)30-13-19-6-7-21(27)12-23(19)35-15-17-4-2-3-5-17/h6-12,14,17H,2-5,13,15H2,1H3,(H2,28,32)(H,30,34). The Kier molecular flexibility index (Phi) is 6.31. The van der Waals surface area contributed by atoms with E-state index in [9.17, 15) is 9.18 Å². The van der Waals surface area contributed by atoms with Gasteiger partial charge in [-0.05, 0) is 55.5 Å². The third kappa shape index (κ3) is 5.08. The normalized spacial score (nSPS) is 13.9. The Morgan fingerprint density at radius 2 is 2.03 bits per heavy atom. The second-order valence-electron chi connectivity index (χ2n) is 8.94. The van der Waals surface area contributed by atoms with Gasteiger partial charge in [0.1, 0.15) is 11.6 Å². The first-order chi connectivity index (χ1) is 17.0. The highest BCUT2D eigenvalue weighted by molar-refractivity contribution is 5.96. The molecule has 0 unspecified atom stereocenters. The molecule has 0 saturated heterocycles. The number of carbonyl (C=O) groups excluding carboxylic acids is 1. The molecule has 1 fully saturated rings. The molecular weight excluding hydrogens is 447 g/mol. The Balaban J connectivity index is 1.32. The lowest BCUT2D eigenvalue weighted by Gasteiger charge is -2.16. The van der Waals surface area contributed by atoms with Gasteiger partial charge in [-0.3, -0.25) is 9.78 Å². The summed E-state index contributed by atoms with van der Waals surface area (Å²) in [5.41, 5.74) is 9.69. The van der Waals surface area contributed by atoms with Crippen molar-refractivity contribution >= 4 is 17.5 Å². The molecule has 180 valence electrons. The molecule has 4 aromatic rings. The van der Waals surface area contributed by atoms with Gasteiger partial charge in [-0.2, -0.15) is 4.98 Å². The molecule has 5 rings (SSSR count). The van der Waals surface area contributed by atoms with E-state index in [4.69, 9.17) is 10.5 Å². The Hall–Kier alpha value is -4.01. The topological polar surface area (TPSA) is 107 Å². The van der Waals surface area contributed by atoms with Crippen LogP contribution >= 0.6 is 0 Å². The first kappa shape index (κ1) is 22.8. The third-order valence-electron chi connectivity index (χ3n) is 6.44. The maximum Gasteiger partial charge on any atom is 0.253 e. The Labute approximate surface area is 202 Å². The second kappa shape index (κ2) is 9.69. The van der Waals surface area contributed by atoms with Gasteiger partial charge in [0.05, 0.1) is 17.9 Å². The number of fused-ring (bicyclic) bond motifs is 1. The number of ether oxygens (including phenoxy) is 1. The van der Waals surface area contributed by atoms with Crippen molar-refractivity contribution in [3.63, 3.8) is 0 Å². The summed E-state index contributed by atoms with van der Waals surface area (Å²) in [6.07, 6.45) is 8.19. The predicted octanol–water partition coefficient (Wildman–Crippen LogP) is 4.32. The van der Waals surface area contributed by atoms with Gasteiger partial charge in [-0.25, -0.2) is 8.91 Å². The van der Waals surface area contributed by atoms with Crippen molar-refractivity contribution in [3.8, 4) is 16.9 Å². The highest BCUT2D eigenvalue weighted by atomic mass is 19.1.